The van der Waals surface area contributed by atoms with E-state index in [9.17, 15) is 9.59 Å². The van der Waals surface area contributed by atoms with Gasteiger partial charge in [0.25, 0.3) is 5.56 Å². The van der Waals surface area contributed by atoms with Crippen molar-refractivity contribution in [1.82, 2.24) is 14.6 Å². The highest BCUT2D eigenvalue weighted by Crippen LogP contribution is 2.09. The van der Waals surface area contributed by atoms with Crippen LogP contribution in [0.15, 0.2) is 10.9 Å². The molecule has 0 saturated heterocycles. The van der Waals surface area contributed by atoms with Crippen LogP contribution in [-0.2, 0) is 6.42 Å². The number of hydrogen-bond acceptors (Lipinski definition) is 3. The van der Waals surface area contributed by atoms with Gasteiger partial charge < -0.3 is 10.1 Å². The van der Waals surface area contributed by atoms with E-state index in [1.807, 2.05) is 6.92 Å². The number of carbonyl (C=O) groups is 1. The largest absolute Gasteiger partial charge is 0.476 e. The third kappa shape index (κ3) is 1.39. The molecule has 2 aromatic heterocycles. The number of aromatic carboxylic acids is 1. The van der Waals surface area contributed by atoms with Crippen LogP contribution in [0.4, 0.5) is 0 Å². The van der Waals surface area contributed by atoms with Crippen molar-refractivity contribution in [2.24, 2.45) is 0 Å². The SMILES string of the molecule is CCc1c(C)c(=O)[nH]c2cc(C(=O)O)nn12. The molecule has 2 heterocycles. The molecule has 0 fully saturated rings. The standard InChI is InChI=1S/C10H11N3O3/c1-3-7-5(2)9(14)11-8-4-6(10(15)16)12-13(7)8/h4H,3H2,1-2H3,(H,11,14)(H,15,16). The van der Waals surface area contributed by atoms with Gasteiger partial charge in [-0.25, -0.2) is 9.31 Å². The molecular weight excluding hydrogens is 210 g/mol. The fraction of sp³-hybridized carbons (Fsp3) is 0.300. The van der Waals surface area contributed by atoms with Gasteiger partial charge in [0.05, 0.1) is 5.69 Å². The Labute approximate surface area is 90.5 Å². The lowest BCUT2D eigenvalue weighted by atomic mass is 10.2. The lowest BCUT2D eigenvalue weighted by molar-refractivity contribution is 0.0690. The van der Waals surface area contributed by atoms with Gasteiger partial charge in [-0.2, -0.15) is 5.10 Å². The van der Waals surface area contributed by atoms with Gasteiger partial charge in [0.2, 0.25) is 0 Å². The number of aromatic amines is 1. The Hall–Kier alpha value is -2.11. The van der Waals surface area contributed by atoms with Gasteiger partial charge in [0.1, 0.15) is 5.65 Å². The number of nitrogens with one attached hydrogen (secondary N) is 1. The minimum Gasteiger partial charge on any atom is -0.476 e. The number of carboxylic acid groups (broad SMARTS) is 1. The van der Waals surface area contributed by atoms with Crippen LogP contribution < -0.4 is 5.56 Å². The predicted molar refractivity (Wildman–Crippen MR) is 56.9 cm³/mol. The number of aromatic nitrogens is 3. The van der Waals surface area contributed by atoms with E-state index >= 15 is 0 Å². The molecule has 2 aromatic rings. The average molecular weight is 221 g/mol. The third-order valence-corrected chi connectivity index (χ3v) is 2.53. The van der Waals surface area contributed by atoms with Crippen LogP contribution in [0.2, 0.25) is 0 Å². The van der Waals surface area contributed by atoms with E-state index < -0.39 is 5.97 Å². The normalized spacial score (nSPS) is 10.9. The Morgan fingerprint density at radius 2 is 2.31 bits per heavy atom. The Bertz CT molecular complexity index is 624. The second kappa shape index (κ2) is 3.48. The molecule has 0 aliphatic rings. The van der Waals surface area contributed by atoms with E-state index in [-0.39, 0.29) is 11.3 Å². The van der Waals surface area contributed by atoms with Crippen molar-refractivity contribution < 1.29 is 9.90 Å². The van der Waals surface area contributed by atoms with Crippen LogP contribution in [0.25, 0.3) is 5.65 Å². The Kier molecular flexibility index (Phi) is 2.26. The first-order valence-electron chi connectivity index (χ1n) is 4.89. The van der Waals surface area contributed by atoms with Crippen molar-refractivity contribution in [2.45, 2.75) is 20.3 Å². The highest BCUT2D eigenvalue weighted by Gasteiger charge is 2.13. The number of H-pyrrole nitrogens is 1. The van der Waals surface area contributed by atoms with Gasteiger partial charge in [0.15, 0.2) is 5.69 Å². The summed E-state index contributed by atoms with van der Waals surface area (Å²) < 4.78 is 1.47. The summed E-state index contributed by atoms with van der Waals surface area (Å²) in [7, 11) is 0. The van der Waals surface area contributed by atoms with Gasteiger partial charge in [-0.1, -0.05) is 6.92 Å². The summed E-state index contributed by atoms with van der Waals surface area (Å²) in [5, 5.41) is 12.8. The van der Waals surface area contributed by atoms with E-state index in [1.165, 1.54) is 10.6 Å². The molecule has 2 rings (SSSR count). The maximum Gasteiger partial charge on any atom is 0.356 e. The molecule has 84 valence electrons. The second-order valence-electron chi connectivity index (χ2n) is 3.51. The number of carboxylic acids is 1. The van der Waals surface area contributed by atoms with Crippen LogP contribution in [-0.4, -0.2) is 25.7 Å². The van der Waals surface area contributed by atoms with Crippen LogP contribution >= 0.6 is 0 Å². The van der Waals surface area contributed by atoms with Gasteiger partial charge in [-0.3, -0.25) is 4.79 Å². The van der Waals surface area contributed by atoms with Crippen LogP contribution in [0, 0.1) is 6.92 Å². The van der Waals surface area contributed by atoms with Gasteiger partial charge in [-0.05, 0) is 13.3 Å². The molecule has 0 saturated carbocycles. The lowest BCUT2D eigenvalue weighted by Gasteiger charge is -2.04. The molecule has 0 radical (unpaired) electrons. The molecule has 16 heavy (non-hydrogen) atoms. The summed E-state index contributed by atoms with van der Waals surface area (Å²) >= 11 is 0. The number of rotatable bonds is 2. The number of aryl methyl sites for hydroxylation is 1. The van der Waals surface area contributed by atoms with Gasteiger partial charge >= 0.3 is 5.97 Å². The molecule has 6 nitrogen and oxygen atoms in total. The fourth-order valence-corrected chi connectivity index (χ4v) is 1.70. The van der Waals surface area contributed by atoms with Crippen molar-refractivity contribution in [3.05, 3.63) is 33.4 Å². The zero-order chi connectivity index (χ0) is 11.9. The Morgan fingerprint density at radius 1 is 1.62 bits per heavy atom. The highest BCUT2D eigenvalue weighted by atomic mass is 16.4. The van der Waals surface area contributed by atoms with Crippen LogP contribution in [0.5, 0.6) is 0 Å². The average Bonchev–Trinajstić information content (AvgIpc) is 2.63. The van der Waals surface area contributed by atoms with Crippen molar-refractivity contribution in [3.8, 4) is 0 Å². The van der Waals surface area contributed by atoms with Crippen LogP contribution in [0.3, 0.4) is 0 Å². The van der Waals surface area contributed by atoms with E-state index in [4.69, 9.17) is 5.11 Å². The van der Waals surface area contributed by atoms with Gasteiger partial charge in [0, 0.05) is 11.6 Å². The fourth-order valence-electron chi connectivity index (χ4n) is 1.70. The predicted octanol–water partition coefficient (Wildman–Crippen LogP) is 0.592. The Balaban J connectivity index is 2.86. The molecule has 0 spiro atoms. The molecule has 0 amide bonds. The summed E-state index contributed by atoms with van der Waals surface area (Å²) in [5.41, 5.74) is 1.42. The number of fused-ring (bicyclic) bond motifs is 1. The van der Waals surface area contributed by atoms with E-state index in [2.05, 4.69) is 10.1 Å². The summed E-state index contributed by atoms with van der Waals surface area (Å²) in [5.74, 6) is -1.11. The molecule has 6 heteroatoms. The minimum atomic E-state index is -1.11. The first-order chi connectivity index (χ1) is 7.54. The van der Waals surface area contributed by atoms with Crippen LogP contribution in [0.1, 0.15) is 28.7 Å². The molecular formula is C10H11N3O3. The number of nitrogens with zero attached hydrogens (tertiary/aromatic N) is 2. The second-order valence-corrected chi connectivity index (χ2v) is 3.51. The van der Waals surface area contributed by atoms with Crippen molar-refractivity contribution in [2.75, 3.05) is 0 Å². The third-order valence-electron chi connectivity index (χ3n) is 2.53. The minimum absolute atomic E-state index is 0.0732. The van der Waals surface area contributed by atoms with E-state index in [1.54, 1.807) is 6.92 Å². The smallest absolute Gasteiger partial charge is 0.356 e. The maximum absolute atomic E-state index is 11.5. The molecule has 2 N–H and O–H groups in total. The summed E-state index contributed by atoms with van der Waals surface area (Å²) in [6.07, 6.45) is 0.618. The molecule has 0 atom stereocenters. The lowest BCUT2D eigenvalue weighted by Crippen LogP contribution is -2.16. The van der Waals surface area contributed by atoms with Crippen molar-refractivity contribution >= 4 is 11.6 Å². The monoisotopic (exact) mass is 221 g/mol. The first kappa shape index (κ1) is 10.4. The molecule has 0 bridgehead atoms. The molecule has 0 aliphatic heterocycles. The summed E-state index contributed by atoms with van der Waals surface area (Å²) in [6, 6.07) is 1.35. The zero-order valence-corrected chi connectivity index (χ0v) is 8.94. The quantitative estimate of drug-likeness (QED) is 0.777. The number of hydrogen-bond donors (Lipinski definition) is 2. The Morgan fingerprint density at radius 3 is 2.88 bits per heavy atom. The van der Waals surface area contributed by atoms with Crippen molar-refractivity contribution in [1.29, 1.82) is 0 Å². The topological polar surface area (TPSA) is 87.5 Å². The highest BCUT2D eigenvalue weighted by molar-refractivity contribution is 5.86. The van der Waals surface area contributed by atoms with Gasteiger partial charge in [-0.15, -0.1) is 0 Å². The van der Waals surface area contributed by atoms with E-state index in [0.717, 1.165) is 5.69 Å². The zero-order valence-electron chi connectivity index (χ0n) is 8.94. The molecule has 0 aliphatic carbocycles. The first-order valence-corrected chi connectivity index (χ1v) is 4.89. The summed E-state index contributed by atoms with van der Waals surface area (Å²) in [4.78, 5) is 24.9. The van der Waals surface area contributed by atoms with Crippen molar-refractivity contribution in [3.63, 3.8) is 0 Å². The maximum atomic E-state index is 11.5. The molecule has 0 aromatic carbocycles. The summed E-state index contributed by atoms with van der Waals surface area (Å²) in [6.45, 7) is 3.59. The molecule has 0 unspecified atom stereocenters. The van der Waals surface area contributed by atoms with E-state index in [0.29, 0.717) is 17.6 Å².